The summed E-state index contributed by atoms with van der Waals surface area (Å²) in [5, 5.41) is 12.5. The summed E-state index contributed by atoms with van der Waals surface area (Å²) in [4.78, 5) is 16.2. The van der Waals surface area contributed by atoms with E-state index in [1.54, 1.807) is 12.3 Å². The molecule has 2 heterocycles. The zero-order chi connectivity index (χ0) is 14.1. The van der Waals surface area contributed by atoms with Crippen LogP contribution in [0.15, 0.2) is 30.5 Å². The third-order valence-corrected chi connectivity index (χ3v) is 2.89. The molecule has 6 nitrogen and oxygen atoms in total. The molecule has 0 saturated carbocycles. The number of carbonyl (C=O) groups excluding carboxylic acids is 1. The molecule has 3 rings (SSSR count). The lowest BCUT2D eigenvalue weighted by Gasteiger charge is -2.07. The van der Waals surface area contributed by atoms with Crippen molar-refractivity contribution in [2.75, 3.05) is 12.1 Å². The Balaban J connectivity index is 1.85. The maximum atomic E-state index is 12.1. The fourth-order valence-corrected chi connectivity index (χ4v) is 1.84. The Kier molecular flexibility index (Phi) is 2.90. The monoisotopic (exact) mass is 272 g/mol. The minimum absolute atomic E-state index is 0.0827. The van der Waals surface area contributed by atoms with Crippen LogP contribution in [0.3, 0.4) is 0 Å². The van der Waals surface area contributed by atoms with Crippen molar-refractivity contribution in [1.29, 1.82) is 0 Å². The zero-order valence-electron chi connectivity index (χ0n) is 10.7. The lowest BCUT2D eigenvalue weighted by molar-refractivity contribution is 0.102. The topological polar surface area (TPSA) is 80.7 Å². The highest BCUT2D eigenvalue weighted by Gasteiger charge is 2.20. The van der Waals surface area contributed by atoms with Gasteiger partial charge in [0.1, 0.15) is 11.6 Å². The number of nitrogens with zero attached hydrogens (tertiary/aromatic N) is 1. The lowest BCUT2D eigenvalue weighted by atomic mass is 10.1. The summed E-state index contributed by atoms with van der Waals surface area (Å²) < 4.78 is 10.3. The first kappa shape index (κ1) is 12.3. The van der Waals surface area contributed by atoms with E-state index in [-0.39, 0.29) is 18.1 Å². The summed E-state index contributed by atoms with van der Waals surface area (Å²) >= 11 is 0. The molecule has 102 valence electrons. The first-order chi connectivity index (χ1) is 9.63. The minimum Gasteiger partial charge on any atom is -0.507 e. The summed E-state index contributed by atoms with van der Waals surface area (Å²) in [6.45, 7) is 1.99. The van der Waals surface area contributed by atoms with E-state index in [4.69, 9.17) is 9.47 Å². The third-order valence-electron chi connectivity index (χ3n) is 2.89. The number of phenols is 1. The van der Waals surface area contributed by atoms with E-state index >= 15 is 0 Å². The van der Waals surface area contributed by atoms with E-state index < -0.39 is 5.91 Å². The Labute approximate surface area is 115 Å². The number of fused-ring (bicyclic) bond motifs is 1. The van der Waals surface area contributed by atoms with Crippen molar-refractivity contribution >= 4 is 11.7 Å². The van der Waals surface area contributed by atoms with Crippen LogP contribution in [0.1, 0.15) is 15.9 Å². The van der Waals surface area contributed by atoms with Crippen molar-refractivity contribution in [2.45, 2.75) is 6.92 Å². The summed E-state index contributed by atoms with van der Waals surface area (Å²) in [7, 11) is 0. The average Bonchev–Trinajstić information content (AvgIpc) is 2.87. The van der Waals surface area contributed by atoms with Crippen LogP contribution in [-0.2, 0) is 0 Å². The molecule has 1 aliphatic rings. The van der Waals surface area contributed by atoms with Gasteiger partial charge < -0.3 is 19.9 Å². The van der Waals surface area contributed by atoms with Gasteiger partial charge in [-0.1, -0.05) is 6.07 Å². The number of amides is 1. The van der Waals surface area contributed by atoms with E-state index in [1.165, 1.54) is 12.1 Å². The molecule has 20 heavy (non-hydrogen) atoms. The molecule has 1 aliphatic heterocycles. The van der Waals surface area contributed by atoms with Crippen molar-refractivity contribution in [3.05, 3.63) is 41.6 Å². The summed E-state index contributed by atoms with van der Waals surface area (Å²) in [6.07, 6.45) is 1.65. The van der Waals surface area contributed by atoms with Gasteiger partial charge >= 0.3 is 0 Å². The molecule has 6 heteroatoms. The molecule has 1 amide bonds. The summed E-state index contributed by atoms with van der Waals surface area (Å²) in [6, 6.07) is 6.33. The van der Waals surface area contributed by atoms with E-state index in [9.17, 15) is 9.90 Å². The number of anilines is 1. The molecule has 0 aliphatic carbocycles. The number of ether oxygens (including phenoxy) is 2. The smallest absolute Gasteiger partial charge is 0.260 e. The molecule has 0 radical (unpaired) electrons. The Hall–Kier alpha value is -2.76. The van der Waals surface area contributed by atoms with Crippen molar-refractivity contribution in [1.82, 2.24) is 4.98 Å². The molecular weight excluding hydrogens is 260 g/mol. The molecule has 1 aromatic heterocycles. The lowest BCUT2D eigenvalue weighted by Crippen LogP contribution is -2.13. The molecule has 2 aromatic rings. The van der Waals surface area contributed by atoms with Crippen molar-refractivity contribution < 1.29 is 19.4 Å². The van der Waals surface area contributed by atoms with Gasteiger partial charge in [0.15, 0.2) is 11.5 Å². The van der Waals surface area contributed by atoms with Gasteiger partial charge in [0, 0.05) is 18.3 Å². The maximum Gasteiger partial charge on any atom is 0.260 e. The van der Waals surface area contributed by atoms with E-state index in [0.717, 1.165) is 5.56 Å². The molecule has 1 aromatic carbocycles. The predicted octanol–water partition coefficient (Wildman–Crippen LogP) is 2.08. The van der Waals surface area contributed by atoms with Gasteiger partial charge in [-0.05, 0) is 18.6 Å². The molecule has 0 saturated heterocycles. The number of nitrogens with one attached hydrogen (secondary N) is 1. The number of rotatable bonds is 2. The van der Waals surface area contributed by atoms with Crippen LogP contribution >= 0.6 is 0 Å². The van der Waals surface area contributed by atoms with Crippen molar-refractivity contribution in [3.8, 4) is 17.2 Å². The number of aromatic nitrogens is 1. The third kappa shape index (κ3) is 2.23. The van der Waals surface area contributed by atoms with Gasteiger partial charge in [0.05, 0.1) is 5.56 Å². The highest BCUT2D eigenvalue weighted by Crippen LogP contribution is 2.37. The average molecular weight is 272 g/mol. The van der Waals surface area contributed by atoms with Gasteiger partial charge in [0.25, 0.3) is 5.91 Å². The van der Waals surface area contributed by atoms with Crippen LogP contribution in [0.5, 0.6) is 17.2 Å². The fourth-order valence-electron chi connectivity index (χ4n) is 1.84. The number of pyridine rings is 1. The van der Waals surface area contributed by atoms with E-state index in [2.05, 4.69) is 10.3 Å². The first-order valence-corrected chi connectivity index (χ1v) is 6.00. The number of aryl methyl sites for hydroxylation is 1. The summed E-state index contributed by atoms with van der Waals surface area (Å²) in [5.41, 5.74) is 1.10. The van der Waals surface area contributed by atoms with E-state index in [1.807, 2.05) is 13.0 Å². The number of aromatic hydroxyl groups is 1. The molecular formula is C14H12N2O4. The maximum absolute atomic E-state index is 12.1. The summed E-state index contributed by atoms with van der Waals surface area (Å²) in [5.74, 6) is 0.644. The van der Waals surface area contributed by atoms with Gasteiger partial charge in [0.2, 0.25) is 6.79 Å². The second-order valence-electron chi connectivity index (χ2n) is 4.40. The zero-order valence-corrected chi connectivity index (χ0v) is 10.7. The van der Waals surface area contributed by atoms with Gasteiger partial charge in [-0.25, -0.2) is 4.98 Å². The van der Waals surface area contributed by atoms with Gasteiger partial charge in [-0.2, -0.15) is 0 Å². The van der Waals surface area contributed by atoms with Crippen LogP contribution in [0.25, 0.3) is 0 Å². The van der Waals surface area contributed by atoms with Gasteiger partial charge in [-0.3, -0.25) is 4.79 Å². The molecule has 0 unspecified atom stereocenters. The van der Waals surface area contributed by atoms with Crippen LogP contribution in [0.4, 0.5) is 5.82 Å². The van der Waals surface area contributed by atoms with Gasteiger partial charge in [-0.15, -0.1) is 0 Å². The highest BCUT2D eigenvalue weighted by molar-refractivity contribution is 6.06. The standard InChI is InChI=1S/C14H12N2O4/c1-8-2-3-13(15-6-8)16-14(18)9-4-11-12(5-10(9)17)20-7-19-11/h2-6,17H,7H2,1H3,(H,15,16,18). The number of benzene rings is 1. The Morgan fingerprint density at radius 3 is 2.75 bits per heavy atom. The van der Waals surface area contributed by atoms with Crippen LogP contribution < -0.4 is 14.8 Å². The first-order valence-electron chi connectivity index (χ1n) is 6.00. The molecule has 0 fully saturated rings. The molecule has 2 N–H and O–H groups in total. The second kappa shape index (κ2) is 4.73. The highest BCUT2D eigenvalue weighted by atomic mass is 16.7. The molecule has 0 atom stereocenters. The Morgan fingerprint density at radius 2 is 2.05 bits per heavy atom. The normalized spacial score (nSPS) is 12.2. The fraction of sp³-hybridized carbons (Fsp3) is 0.143. The van der Waals surface area contributed by atoms with Crippen molar-refractivity contribution in [2.24, 2.45) is 0 Å². The number of hydrogen-bond acceptors (Lipinski definition) is 5. The van der Waals surface area contributed by atoms with Crippen LogP contribution in [0.2, 0.25) is 0 Å². The predicted molar refractivity (Wildman–Crippen MR) is 71.2 cm³/mol. The number of hydrogen-bond donors (Lipinski definition) is 2. The Bertz CT molecular complexity index is 668. The minimum atomic E-state index is -0.461. The SMILES string of the molecule is Cc1ccc(NC(=O)c2cc3c(cc2O)OCO3)nc1. The Morgan fingerprint density at radius 1 is 1.30 bits per heavy atom. The van der Waals surface area contributed by atoms with Crippen LogP contribution in [0, 0.1) is 6.92 Å². The molecule has 0 bridgehead atoms. The van der Waals surface area contributed by atoms with Crippen molar-refractivity contribution in [3.63, 3.8) is 0 Å². The quantitative estimate of drug-likeness (QED) is 0.874. The van der Waals surface area contributed by atoms with E-state index in [0.29, 0.717) is 17.3 Å². The largest absolute Gasteiger partial charge is 0.507 e. The number of carbonyl (C=O) groups is 1. The number of phenolic OH excluding ortho intramolecular Hbond substituents is 1. The van der Waals surface area contributed by atoms with Crippen LogP contribution in [-0.4, -0.2) is 22.8 Å². The second-order valence-corrected chi connectivity index (χ2v) is 4.40. The molecule has 0 spiro atoms.